The summed E-state index contributed by atoms with van der Waals surface area (Å²) in [7, 11) is 0. The zero-order valence-corrected chi connectivity index (χ0v) is 15.0. The molecule has 0 heterocycles. The number of aliphatic hydroxyl groups is 1. The highest BCUT2D eigenvalue weighted by Gasteiger charge is 2.17. The van der Waals surface area contributed by atoms with Gasteiger partial charge in [-0.05, 0) is 43.2 Å². The van der Waals surface area contributed by atoms with E-state index in [2.05, 4.69) is 11.9 Å². The Bertz CT molecular complexity index is 795. The monoisotopic (exact) mass is 357 g/mol. The number of esters is 1. The topological polar surface area (TPSA) is 58.9 Å². The van der Waals surface area contributed by atoms with Gasteiger partial charge in [0.25, 0.3) is 0 Å². The molecule has 130 valence electrons. The van der Waals surface area contributed by atoms with Crippen LogP contribution in [0.25, 0.3) is 5.76 Å². The van der Waals surface area contributed by atoms with E-state index in [0.29, 0.717) is 16.3 Å². The molecule has 0 fully saturated rings. The lowest BCUT2D eigenvalue weighted by molar-refractivity contribution is -0.137. The first-order chi connectivity index (χ1) is 12.1. The summed E-state index contributed by atoms with van der Waals surface area (Å²) in [5.41, 5.74) is 2.17. The minimum Gasteiger partial charge on any atom is -0.506 e. The van der Waals surface area contributed by atoms with Crippen LogP contribution in [0.2, 0.25) is 5.02 Å². The third-order valence-corrected chi connectivity index (χ3v) is 3.90. The Morgan fingerprint density at radius 2 is 1.84 bits per heavy atom. The van der Waals surface area contributed by atoms with Gasteiger partial charge in [0, 0.05) is 11.8 Å². The third-order valence-electron chi connectivity index (χ3n) is 3.57. The Hall–Kier alpha value is -2.59. The summed E-state index contributed by atoms with van der Waals surface area (Å²) in [6.07, 6.45) is 2.24. The van der Waals surface area contributed by atoms with Gasteiger partial charge in [0.2, 0.25) is 0 Å². The normalized spacial score (nSPS) is 12.1. The number of aliphatic imine (C=N–C) groups is 1. The van der Waals surface area contributed by atoms with Crippen molar-refractivity contribution in [1.82, 2.24) is 0 Å². The molecule has 0 radical (unpaired) electrons. The van der Waals surface area contributed by atoms with Crippen molar-refractivity contribution >= 4 is 35.2 Å². The largest absolute Gasteiger partial charge is 0.506 e. The third kappa shape index (κ3) is 4.94. The fourth-order valence-corrected chi connectivity index (χ4v) is 2.40. The van der Waals surface area contributed by atoms with Gasteiger partial charge in [-0.3, -0.25) is 4.99 Å². The number of benzene rings is 2. The van der Waals surface area contributed by atoms with Crippen LogP contribution in [-0.4, -0.2) is 23.9 Å². The van der Waals surface area contributed by atoms with Crippen molar-refractivity contribution in [2.75, 3.05) is 6.61 Å². The van der Waals surface area contributed by atoms with Crippen molar-refractivity contribution in [1.29, 1.82) is 0 Å². The van der Waals surface area contributed by atoms with Crippen LogP contribution in [0.1, 0.15) is 25.0 Å². The fraction of sp³-hybridized carbons (Fsp3) is 0.200. The highest BCUT2D eigenvalue weighted by atomic mass is 35.5. The molecule has 0 unspecified atom stereocenters. The number of aryl methyl sites for hydroxylation is 1. The van der Waals surface area contributed by atoms with E-state index in [0.717, 1.165) is 6.42 Å². The van der Waals surface area contributed by atoms with Crippen LogP contribution < -0.4 is 0 Å². The first-order valence-electron chi connectivity index (χ1n) is 8.05. The number of ether oxygens (including phenoxy) is 1. The second-order valence-corrected chi connectivity index (χ2v) is 5.65. The quantitative estimate of drug-likeness (QED) is 0.337. The summed E-state index contributed by atoms with van der Waals surface area (Å²) in [6, 6.07) is 14.4. The summed E-state index contributed by atoms with van der Waals surface area (Å²) < 4.78 is 5.02. The van der Waals surface area contributed by atoms with E-state index >= 15 is 0 Å². The molecule has 0 bridgehead atoms. The molecule has 2 rings (SSSR count). The Labute approximate surface area is 152 Å². The molecular formula is C20H20ClNO3. The second-order valence-electron chi connectivity index (χ2n) is 5.24. The molecule has 0 aromatic heterocycles. The van der Waals surface area contributed by atoms with E-state index < -0.39 is 5.97 Å². The molecular weight excluding hydrogens is 338 g/mol. The van der Waals surface area contributed by atoms with Gasteiger partial charge >= 0.3 is 5.97 Å². The standard InChI is InChI=1S/C20H20ClNO3/c1-3-14-9-11-15(12-10-14)22-13-17(20(24)25-4-2)19(23)16-7-5-6-8-18(16)21/h5-13,23H,3-4H2,1-2H3. The number of carbonyl (C=O) groups excluding carboxylic acids is 1. The number of carbonyl (C=O) groups is 1. The molecule has 25 heavy (non-hydrogen) atoms. The van der Waals surface area contributed by atoms with E-state index in [1.165, 1.54) is 11.8 Å². The van der Waals surface area contributed by atoms with E-state index in [4.69, 9.17) is 16.3 Å². The van der Waals surface area contributed by atoms with Crippen LogP contribution in [0.5, 0.6) is 0 Å². The van der Waals surface area contributed by atoms with Crippen molar-refractivity contribution in [3.8, 4) is 0 Å². The Balaban J connectivity index is 2.41. The van der Waals surface area contributed by atoms with Crippen LogP contribution in [0.3, 0.4) is 0 Å². The molecule has 0 spiro atoms. The number of nitrogens with zero attached hydrogens (tertiary/aromatic N) is 1. The molecule has 5 heteroatoms. The van der Waals surface area contributed by atoms with Gasteiger partial charge in [0.15, 0.2) is 0 Å². The summed E-state index contributed by atoms with van der Waals surface area (Å²) in [4.78, 5) is 16.5. The molecule has 0 aliphatic carbocycles. The molecule has 4 nitrogen and oxygen atoms in total. The summed E-state index contributed by atoms with van der Waals surface area (Å²) in [6.45, 7) is 3.96. The Morgan fingerprint density at radius 3 is 2.44 bits per heavy atom. The van der Waals surface area contributed by atoms with E-state index in [1.54, 1.807) is 31.2 Å². The van der Waals surface area contributed by atoms with Crippen molar-refractivity contribution in [3.63, 3.8) is 0 Å². The van der Waals surface area contributed by atoms with Gasteiger partial charge in [-0.1, -0.05) is 42.8 Å². The van der Waals surface area contributed by atoms with E-state index in [-0.39, 0.29) is 17.9 Å². The number of aliphatic hydroxyl groups excluding tert-OH is 1. The minimum atomic E-state index is -0.658. The smallest absolute Gasteiger partial charge is 0.343 e. The van der Waals surface area contributed by atoms with Crippen LogP contribution in [0.4, 0.5) is 5.69 Å². The Morgan fingerprint density at radius 1 is 1.16 bits per heavy atom. The van der Waals surface area contributed by atoms with E-state index in [1.807, 2.05) is 24.3 Å². The average molecular weight is 358 g/mol. The van der Waals surface area contributed by atoms with Crippen molar-refractivity contribution in [2.24, 2.45) is 4.99 Å². The van der Waals surface area contributed by atoms with Gasteiger partial charge < -0.3 is 9.84 Å². The number of halogens is 1. The highest BCUT2D eigenvalue weighted by molar-refractivity contribution is 6.32. The molecule has 0 saturated heterocycles. The molecule has 0 aliphatic rings. The van der Waals surface area contributed by atoms with Crippen molar-refractivity contribution in [2.45, 2.75) is 20.3 Å². The van der Waals surface area contributed by atoms with Gasteiger partial charge in [0.1, 0.15) is 11.3 Å². The van der Waals surface area contributed by atoms with Gasteiger partial charge in [-0.25, -0.2) is 4.79 Å². The molecule has 2 aromatic rings. The first kappa shape index (κ1) is 18.7. The number of rotatable bonds is 6. The molecule has 0 aliphatic heterocycles. The zero-order valence-electron chi connectivity index (χ0n) is 14.2. The summed E-state index contributed by atoms with van der Waals surface area (Å²) in [5.74, 6) is -0.924. The van der Waals surface area contributed by atoms with Gasteiger partial charge in [-0.15, -0.1) is 0 Å². The second kappa shape index (κ2) is 9.04. The SMILES string of the molecule is CCOC(=O)C(C=Nc1ccc(CC)cc1)=C(O)c1ccccc1Cl. The minimum absolute atomic E-state index is 0.0467. The lowest BCUT2D eigenvalue weighted by atomic mass is 10.1. The molecule has 0 saturated carbocycles. The Kier molecular flexibility index (Phi) is 6.78. The molecule has 2 aromatic carbocycles. The maximum absolute atomic E-state index is 12.2. The van der Waals surface area contributed by atoms with Gasteiger partial charge in [-0.2, -0.15) is 0 Å². The van der Waals surface area contributed by atoms with Crippen LogP contribution >= 0.6 is 11.6 Å². The number of hydrogen-bond donors (Lipinski definition) is 1. The molecule has 0 atom stereocenters. The highest BCUT2D eigenvalue weighted by Crippen LogP contribution is 2.25. The lowest BCUT2D eigenvalue weighted by Crippen LogP contribution is -2.11. The van der Waals surface area contributed by atoms with Crippen LogP contribution in [0.15, 0.2) is 59.1 Å². The average Bonchev–Trinajstić information content (AvgIpc) is 2.63. The summed E-state index contributed by atoms with van der Waals surface area (Å²) >= 11 is 6.10. The summed E-state index contributed by atoms with van der Waals surface area (Å²) in [5, 5.41) is 10.9. The van der Waals surface area contributed by atoms with Crippen LogP contribution in [-0.2, 0) is 16.0 Å². The first-order valence-corrected chi connectivity index (χ1v) is 8.42. The number of hydrogen-bond acceptors (Lipinski definition) is 4. The zero-order chi connectivity index (χ0) is 18.2. The maximum Gasteiger partial charge on any atom is 0.343 e. The van der Waals surface area contributed by atoms with Gasteiger partial charge in [0.05, 0.1) is 17.3 Å². The van der Waals surface area contributed by atoms with Crippen LogP contribution in [0, 0.1) is 0 Å². The maximum atomic E-state index is 12.2. The lowest BCUT2D eigenvalue weighted by Gasteiger charge is -2.08. The van der Waals surface area contributed by atoms with E-state index in [9.17, 15) is 9.90 Å². The molecule has 1 N–H and O–H groups in total. The van der Waals surface area contributed by atoms with Crippen molar-refractivity contribution in [3.05, 3.63) is 70.3 Å². The fourth-order valence-electron chi connectivity index (χ4n) is 2.17. The predicted molar refractivity (Wildman–Crippen MR) is 102 cm³/mol. The van der Waals surface area contributed by atoms with Crippen molar-refractivity contribution < 1.29 is 14.6 Å². The predicted octanol–water partition coefficient (Wildman–Crippen LogP) is 5.14. The molecule has 0 amide bonds.